The smallest absolute Gasteiger partial charge is 0.370 e. The van der Waals surface area contributed by atoms with E-state index in [9.17, 15) is 13.2 Å². The molecule has 4 nitrogen and oxygen atoms in total. The van der Waals surface area contributed by atoms with Crippen molar-refractivity contribution in [2.75, 3.05) is 25.1 Å². The average Bonchev–Trinajstić information content (AvgIpc) is 2.13. The number of aromatic nitrogens is 2. The molecule has 1 N–H and O–H groups in total. The molecule has 0 aromatic carbocycles. The lowest BCUT2D eigenvalue weighted by Crippen LogP contribution is -2.20. The summed E-state index contributed by atoms with van der Waals surface area (Å²) in [7, 11) is 0. The molecule has 1 aromatic rings. The van der Waals surface area contributed by atoms with Gasteiger partial charge in [-0.3, -0.25) is 0 Å². The Bertz CT molecular complexity index is 353. The Morgan fingerprint density at radius 1 is 1.41 bits per heavy atom. The van der Waals surface area contributed by atoms with Crippen LogP contribution in [0.2, 0.25) is 5.15 Å². The zero-order chi connectivity index (χ0) is 12.9. The van der Waals surface area contributed by atoms with Gasteiger partial charge in [-0.2, -0.15) is 13.2 Å². The van der Waals surface area contributed by atoms with Gasteiger partial charge in [0, 0.05) is 12.6 Å². The maximum atomic E-state index is 11.7. The second-order valence-corrected chi connectivity index (χ2v) is 3.60. The largest absolute Gasteiger partial charge is 0.411 e. The zero-order valence-corrected chi connectivity index (χ0v) is 9.77. The quantitative estimate of drug-likeness (QED) is 0.659. The van der Waals surface area contributed by atoms with Crippen LogP contribution in [0, 0.1) is 6.92 Å². The van der Waals surface area contributed by atoms with Gasteiger partial charge in [-0.15, -0.1) is 0 Å². The van der Waals surface area contributed by atoms with Crippen molar-refractivity contribution in [1.29, 1.82) is 0 Å². The monoisotopic (exact) mass is 269 g/mol. The van der Waals surface area contributed by atoms with Crippen LogP contribution >= 0.6 is 11.6 Å². The summed E-state index contributed by atoms with van der Waals surface area (Å²) >= 11 is 5.68. The highest BCUT2D eigenvalue weighted by atomic mass is 35.5. The standard InChI is InChI=1S/C9H11ClF3N3O/c1-6-15-7(10)4-8(16-6)14-2-3-17-5-9(11,12)13/h4H,2-3,5H2,1H3,(H,14,15,16). The fourth-order valence-corrected chi connectivity index (χ4v) is 1.29. The fourth-order valence-electron chi connectivity index (χ4n) is 1.06. The highest BCUT2D eigenvalue weighted by molar-refractivity contribution is 6.29. The van der Waals surface area contributed by atoms with Crippen molar-refractivity contribution in [1.82, 2.24) is 9.97 Å². The summed E-state index contributed by atoms with van der Waals surface area (Å²) < 4.78 is 39.6. The number of nitrogens with zero attached hydrogens (tertiary/aromatic N) is 2. The number of nitrogens with one attached hydrogen (secondary N) is 1. The number of rotatable bonds is 5. The molecule has 0 amide bonds. The van der Waals surface area contributed by atoms with Gasteiger partial charge in [-0.1, -0.05) is 11.6 Å². The Balaban J connectivity index is 2.27. The summed E-state index contributed by atoms with van der Waals surface area (Å²) in [6.45, 7) is 0.554. The Kier molecular flexibility index (Phi) is 4.95. The summed E-state index contributed by atoms with van der Waals surface area (Å²) in [6.07, 6.45) is -4.30. The summed E-state index contributed by atoms with van der Waals surface area (Å²) in [5.41, 5.74) is 0. The summed E-state index contributed by atoms with van der Waals surface area (Å²) in [6, 6.07) is 1.48. The SMILES string of the molecule is Cc1nc(Cl)cc(NCCOCC(F)(F)F)n1. The number of ether oxygens (including phenoxy) is 1. The predicted octanol–water partition coefficient (Wildman–Crippen LogP) is 2.43. The van der Waals surface area contributed by atoms with Crippen molar-refractivity contribution in [3.05, 3.63) is 17.0 Å². The van der Waals surface area contributed by atoms with Crippen molar-refractivity contribution < 1.29 is 17.9 Å². The third-order valence-corrected chi connectivity index (χ3v) is 1.82. The van der Waals surface area contributed by atoms with Crippen LogP contribution in [0.15, 0.2) is 6.07 Å². The van der Waals surface area contributed by atoms with Gasteiger partial charge in [0.05, 0.1) is 6.61 Å². The topological polar surface area (TPSA) is 47.0 Å². The predicted molar refractivity (Wildman–Crippen MR) is 57.1 cm³/mol. The average molecular weight is 270 g/mol. The molecule has 96 valence electrons. The Hall–Kier alpha value is -1.08. The lowest BCUT2D eigenvalue weighted by molar-refractivity contribution is -0.172. The summed E-state index contributed by atoms with van der Waals surface area (Å²) in [5.74, 6) is 0.939. The molecule has 1 heterocycles. The molecule has 0 bridgehead atoms. The molecule has 0 aliphatic heterocycles. The molecule has 0 saturated heterocycles. The fraction of sp³-hybridized carbons (Fsp3) is 0.556. The normalized spacial score (nSPS) is 11.6. The molecule has 8 heteroatoms. The van der Waals surface area contributed by atoms with Crippen LogP contribution in [0.1, 0.15) is 5.82 Å². The number of aryl methyl sites for hydroxylation is 1. The first-order chi connectivity index (χ1) is 7.87. The van der Waals surface area contributed by atoms with Crippen molar-refractivity contribution in [3.63, 3.8) is 0 Å². The van der Waals surface area contributed by atoms with Gasteiger partial charge in [0.2, 0.25) is 0 Å². The van der Waals surface area contributed by atoms with Crippen molar-refractivity contribution >= 4 is 17.4 Å². The molecule has 0 fully saturated rings. The summed E-state index contributed by atoms with van der Waals surface area (Å²) in [4.78, 5) is 7.84. The Labute approximate surface area is 101 Å². The number of alkyl halides is 3. The van der Waals surface area contributed by atoms with Gasteiger partial charge in [-0.05, 0) is 6.92 Å². The van der Waals surface area contributed by atoms with E-state index in [1.807, 2.05) is 0 Å². The van der Waals surface area contributed by atoms with Crippen molar-refractivity contribution in [3.8, 4) is 0 Å². The molecule has 0 spiro atoms. The van der Waals surface area contributed by atoms with E-state index in [0.717, 1.165) is 0 Å². The van der Waals surface area contributed by atoms with Gasteiger partial charge >= 0.3 is 6.18 Å². The van der Waals surface area contributed by atoms with Gasteiger partial charge in [-0.25, -0.2) is 9.97 Å². The second-order valence-electron chi connectivity index (χ2n) is 3.22. The number of hydrogen-bond acceptors (Lipinski definition) is 4. The van der Waals surface area contributed by atoms with Gasteiger partial charge in [0.15, 0.2) is 0 Å². The van der Waals surface area contributed by atoms with Gasteiger partial charge in [0.1, 0.15) is 23.4 Å². The van der Waals surface area contributed by atoms with Crippen molar-refractivity contribution in [2.24, 2.45) is 0 Å². The molecular weight excluding hydrogens is 259 g/mol. The van der Waals surface area contributed by atoms with E-state index in [2.05, 4.69) is 20.0 Å². The van der Waals surface area contributed by atoms with Crippen LogP contribution in [0.3, 0.4) is 0 Å². The van der Waals surface area contributed by atoms with Gasteiger partial charge < -0.3 is 10.1 Å². The third kappa shape index (κ3) is 6.28. The van der Waals surface area contributed by atoms with E-state index >= 15 is 0 Å². The first-order valence-electron chi connectivity index (χ1n) is 4.76. The maximum Gasteiger partial charge on any atom is 0.411 e. The van der Waals surface area contributed by atoms with Gasteiger partial charge in [0.25, 0.3) is 0 Å². The summed E-state index contributed by atoms with van der Waals surface area (Å²) in [5, 5.41) is 3.06. The molecule has 0 radical (unpaired) electrons. The molecule has 1 rings (SSSR count). The molecule has 1 aromatic heterocycles. The van der Waals surface area contributed by atoms with Crippen LogP contribution in [-0.4, -0.2) is 35.9 Å². The number of anilines is 1. The highest BCUT2D eigenvalue weighted by Crippen LogP contribution is 2.14. The van der Waals surface area contributed by atoms with Crippen molar-refractivity contribution in [2.45, 2.75) is 13.1 Å². The lowest BCUT2D eigenvalue weighted by atomic mass is 10.5. The first kappa shape index (κ1) is 14.0. The molecule has 0 saturated carbocycles. The van der Waals surface area contributed by atoms with E-state index in [4.69, 9.17) is 11.6 Å². The van der Waals surface area contributed by atoms with E-state index in [0.29, 0.717) is 11.6 Å². The zero-order valence-electron chi connectivity index (χ0n) is 9.01. The molecule has 17 heavy (non-hydrogen) atoms. The van der Waals surface area contributed by atoms with E-state index in [-0.39, 0.29) is 18.3 Å². The highest BCUT2D eigenvalue weighted by Gasteiger charge is 2.27. The number of halogens is 4. The third-order valence-electron chi connectivity index (χ3n) is 1.62. The van der Waals surface area contributed by atoms with E-state index in [1.54, 1.807) is 6.92 Å². The minimum Gasteiger partial charge on any atom is -0.370 e. The van der Waals surface area contributed by atoms with Crippen LogP contribution in [0.5, 0.6) is 0 Å². The van der Waals surface area contributed by atoms with Crippen LogP contribution in [0.4, 0.5) is 19.0 Å². The second kappa shape index (κ2) is 6.02. The molecule has 0 aliphatic rings. The van der Waals surface area contributed by atoms with Crippen LogP contribution in [0.25, 0.3) is 0 Å². The van der Waals surface area contributed by atoms with E-state index < -0.39 is 12.8 Å². The Morgan fingerprint density at radius 2 is 2.12 bits per heavy atom. The maximum absolute atomic E-state index is 11.7. The lowest BCUT2D eigenvalue weighted by Gasteiger charge is -2.09. The van der Waals surface area contributed by atoms with Crippen LogP contribution < -0.4 is 5.32 Å². The minimum atomic E-state index is -4.30. The van der Waals surface area contributed by atoms with E-state index in [1.165, 1.54) is 6.07 Å². The number of hydrogen-bond donors (Lipinski definition) is 1. The Morgan fingerprint density at radius 3 is 2.71 bits per heavy atom. The first-order valence-corrected chi connectivity index (χ1v) is 5.14. The molecule has 0 atom stereocenters. The van der Waals surface area contributed by atoms with Crippen LogP contribution in [-0.2, 0) is 4.74 Å². The molecule has 0 unspecified atom stereocenters. The minimum absolute atomic E-state index is 0.0693. The molecule has 0 aliphatic carbocycles. The molecular formula is C9H11ClF3N3O.